The van der Waals surface area contributed by atoms with Crippen LogP contribution in [0.15, 0.2) is 41.5 Å². The van der Waals surface area contributed by atoms with E-state index in [9.17, 15) is 0 Å². The van der Waals surface area contributed by atoms with Gasteiger partial charge in [0.25, 0.3) is 0 Å². The normalized spacial score (nSPS) is 15.9. The smallest absolute Gasteiger partial charge is 0.213 e. The first kappa shape index (κ1) is 17.5. The van der Waals surface area contributed by atoms with Crippen molar-refractivity contribution in [3.63, 3.8) is 0 Å². The molecule has 1 aromatic heterocycles. The van der Waals surface area contributed by atoms with E-state index in [0.717, 1.165) is 16.9 Å². The Bertz CT molecular complexity index is 854. The Labute approximate surface area is 153 Å². The van der Waals surface area contributed by atoms with Crippen molar-refractivity contribution in [1.29, 1.82) is 0 Å². The maximum Gasteiger partial charge on any atom is 0.213 e. The van der Waals surface area contributed by atoms with E-state index in [1.54, 1.807) is 25.6 Å². The van der Waals surface area contributed by atoms with E-state index in [1.807, 2.05) is 12.1 Å². The molecule has 4 nitrogen and oxygen atoms in total. The van der Waals surface area contributed by atoms with Gasteiger partial charge in [-0.05, 0) is 44.5 Å². The van der Waals surface area contributed by atoms with Gasteiger partial charge in [-0.1, -0.05) is 17.7 Å². The number of likely N-dealkylation sites (N-methyl/N-ethyl adjacent to an activating group) is 1. The number of fused-ring (bicyclic) bond motifs is 1. The maximum absolute atomic E-state index is 6.51. The van der Waals surface area contributed by atoms with Crippen LogP contribution in [-0.4, -0.2) is 30.9 Å². The van der Waals surface area contributed by atoms with E-state index in [2.05, 4.69) is 54.8 Å². The average Bonchev–Trinajstić information content (AvgIpc) is 2.58. The van der Waals surface area contributed by atoms with Crippen molar-refractivity contribution in [3.8, 4) is 5.88 Å². The summed E-state index contributed by atoms with van der Waals surface area (Å²) in [5.41, 5.74) is 5.16. The second-order valence-electron chi connectivity index (χ2n) is 6.75. The van der Waals surface area contributed by atoms with Crippen molar-refractivity contribution in [2.75, 3.05) is 19.1 Å². The lowest BCUT2D eigenvalue weighted by atomic mass is 9.88. The third-order valence-corrected chi connectivity index (χ3v) is 4.95. The van der Waals surface area contributed by atoms with E-state index >= 15 is 0 Å². The highest BCUT2D eigenvalue weighted by molar-refractivity contribution is 6.33. The lowest BCUT2D eigenvalue weighted by Gasteiger charge is -2.40. The molecule has 1 aliphatic heterocycles. The molecule has 0 spiro atoms. The summed E-state index contributed by atoms with van der Waals surface area (Å²) < 4.78 is 5.06. The molecule has 2 aromatic rings. The SMILES string of the molecule is COc1ccc(N=Cc2cc3c(cc2Cl)N(C)C(C)(C)C=C3C)cn1. The zero-order valence-electron chi connectivity index (χ0n) is 15.2. The Morgan fingerprint density at radius 1 is 1.28 bits per heavy atom. The zero-order valence-corrected chi connectivity index (χ0v) is 15.9. The first-order valence-electron chi connectivity index (χ1n) is 8.13. The fraction of sp³-hybridized carbons (Fsp3) is 0.300. The quantitative estimate of drug-likeness (QED) is 0.716. The number of anilines is 1. The topological polar surface area (TPSA) is 37.7 Å². The molecule has 0 aliphatic carbocycles. The maximum atomic E-state index is 6.51. The second-order valence-corrected chi connectivity index (χ2v) is 7.16. The molecule has 0 fully saturated rings. The number of rotatable bonds is 3. The summed E-state index contributed by atoms with van der Waals surface area (Å²) in [6.07, 6.45) is 5.72. The Morgan fingerprint density at radius 2 is 2.04 bits per heavy atom. The van der Waals surface area contributed by atoms with Crippen molar-refractivity contribution in [1.82, 2.24) is 4.98 Å². The summed E-state index contributed by atoms with van der Waals surface area (Å²) in [7, 11) is 3.68. The molecule has 0 atom stereocenters. The second kappa shape index (κ2) is 6.52. The average molecular weight is 356 g/mol. The Balaban J connectivity index is 1.96. The molecule has 0 unspecified atom stereocenters. The summed E-state index contributed by atoms with van der Waals surface area (Å²) in [5.74, 6) is 0.567. The van der Waals surface area contributed by atoms with Crippen molar-refractivity contribution in [2.24, 2.45) is 4.99 Å². The monoisotopic (exact) mass is 355 g/mol. The standard InChI is InChI=1S/C20H22ClN3O/c1-13-10-20(2,3)24(4)18-9-17(21)14(8-16(13)18)11-22-15-6-7-19(25-5)23-12-15/h6-12H,1-5H3. The van der Waals surface area contributed by atoms with Crippen LogP contribution in [0, 0.1) is 0 Å². The summed E-state index contributed by atoms with van der Waals surface area (Å²) in [6.45, 7) is 6.52. The summed E-state index contributed by atoms with van der Waals surface area (Å²) in [5, 5.41) is 0.682. The lowest BCUT2D eigenvalue weighted by Crippen LogP contribution is -2.42. The summed E-state index contributed by atoms with van der Waals surface area (Å²) in [6, 6.07) is 7.75. The molecule has 5 heteroatoms. The molecule has 0 saturated carbocycles. The van der Waals surface area contributed by atoms with Crippen LogP contribution in [0.25, 0.3) is 5.57 Å². The zero-order chi connectivity index (χ0) is 18.2. The predicted octanol–water partition coefficient (Wildman–Crippen LogP) is 5.13. The molecule has 130 valence electrons. The molecular formula is C20H22ClN3O. The van der Waals surface area contributed by atoms with Crippen LogP contribution in [0.1, 0.15) is 31.9 Å². The molecule has 1 aliphatic rings. The highest BCUT2D eigenvalue weighted by Gasteiger charge is 2.29. The van der Waals surface area contributed by atoms with Crippen molar-refractivity contribution in [2.45, 2.75) is 26.3 Å². The number of aromatic nitrogens is 1. The van der Waals surface area contributed by atoms with Gasteiger partial charge in [-0.3, -0.25) is 4.99 Å². The molecule has 0 amide bonds. The predicted molar refractivity (Wildman–Crippen MR) is 106 cm³/mol. The van der Waals surface area contributed by atoms with Crippen molar-refractivity contribution >= 4 is 34.8 Å². The number of benzene rings is 1. The minimum Gasteiger partial charge on any atom is -0.481 e. The molecule has 25 heavy (non-hydrogen) atoms. The van der Waals surface area contributed by atoms with Crippen LogP contribution in [-0.2, 0) is 0 Å². The van der Waals surface area contributed by atoms with E-state index < -0.39 is 0 Å². The third-order valence-electron chi connectivity index (χ3n) is 4.62. The van der Waals surface area contributed by atoms with Gasteiger partial charge < -0.3 is 9.64 Å². The van der Waals surface area contributed by atoms with Gasteiger partial charge in [0.05, 0.1) is 29.6 Å². The lowest BCUT2D eigenvalue weighted by molar-refractivity contribution is 0.398. The van der Waals surface area contributed by atoms with Gasteiger partial charge in [0.15, 0.2) is 0 Å². The fourth-order valence-corrected chi connectivity index (χ4v) is 3.21. The van der Waals surface area contributed by atoms with Crippen molar-refractivity contribution < 1.29 is 4.74 Å². The number of ether oxygens (including phenoxy) is 1. The number of allylic oxidation sites excluding steroid dienone is 1. The molecule has 1 aromatic carbocycles. The Morgan fingerprint density at radius 3 is 2.68 bits per heavy atom. The summed E-state index contributed by atoms with van der Waals surface area (Å²) in [4.78, 5) is 10.9. The van der Waals surface area contributed by atoms with Gasteiger partial charge in [-0.2, -0.15) is 0 Å². The van der Waals surface area contributed by atoms with Gasteiger partial charge in [0.1, 0.15) is 0 Å². The Hall–Kier alpha value is -2.33. The van der Waals surface area contributed by atoms with E-state index in [0.29, 0.717) is 10.9 Å². The highest BCUT2D eigenvalue weighted by Crippen LogP contribution is 2.40. The number of hydrogen-bond donors (Lipinski definition) is 0. The number of hydrogen-bond acceptors (Lipinski definition) is 4. The van der Waals surface area contributed by atoms with Crippen LogP contribution >= 0.6 is 11.6 Å². The first-order chi connectivity index (χ1) is 11.8. The molecule has 0 saturated heterocycles. The molecule has 3 rings (SSSR count). The first-order valence-corrected chi connectivity index (χ1v) is 8.51. The minimum atomic E-state index is -0.0369. The van der Waals surface area contributed by atoms with Gasteiger partial charge in [0.2, 0.25) is 5.88 Å². The van der Waals surface area contributed by atoms with E-state index in [-0.39, 0.29) is 5.54 Å². The highest BCUT2D eigenvalue weighted by atomic mass is 35.5. The van der Waals surface area contributed by atoms with Crippen LogP contribution in [0.2, 0.25) is 5.02 Å². The van der Waals surface area contributed by atoms with E-state index in [1.165, 1.54) is 11.1 Å². The number of nitrogens with zero attached hydrogens (tertiary/aromatic N) is 3. The van der Waals surface area contributed by atoms with Crippen LogP contribution in [0.4, 0.5) is 11.4 Å². The van der Waals surface area contributed by atoms with Gasteiger partial charge in [-0.25, -0.2) is 4.98 Å². The largest absolute Gasteiger partial charge is 0.481 e. The van der Waals surface area contributed by atoms with Crippen LogP contribution < -0.4 is 9.64 Å². The number of halogens is 1. The molecular weight excluding hydrogens is 334 g/mol. The van der Waals surface area contributed by atoms with E-state index in [4.69, 9.17) is 16.3 Å². The van der Waals surface area contributed by atoms with Gasteiger partial charge in [-0.15, -0.1) is 0 Å². The minimum absolute atomic E-state index is 0.0369. The molecule has 0 bridgehead atoms. The Kier molecular flexibility index (Phi) is 4.56. The van der Waals surface area contributed by atoms with Crippen LogP contribution in [0.5, 0.6) is 5.88 Å². The number of methoxy groups -OCH3 is 1. The van der Waals surface area contributed by atoms with Gasteiger partial charge in [0, 0.05) is 36.1 Å². The number of aliphatic imine (C=N–C) groups is 1. The fourth-order valence-electron chi connectivity index (χ4n) is 3.00. The number of pyridine rings is 1. The van der Waals surface area contributed by atoms with Crippen LogP contribution in [0.3, 0.4) is 0 Å². The van der Waals surface area contributed by atoms with Gasteiger partial charge >= 0.3 is 0 Å². The molecule has 2 heterocycles. The van der Waals surface area contributed by atoms with Crippen molar-refractivity contribution in [3.05, 3.63) is 52.7 Å². The summed E-state index contributed by atoms with van der Waals surface area (Å²) >= 11 is 6.51. The molecule has 0 N–H and O–H groups in total. The third kappa shape index (κ3) is 3.40. The molecule has 0 radical (unpaired) electrons.